The van der Waals surface area contributed by atoms with Gasteiger partial charge < -0.3 is 14.6 Å². The van der Waals surface area contributed by atoms with Crippen LogP contribution >= 0.6 is 0 Å². The zero-order valence-electron chi connectivity index (χ0n) is 15.0. The van der Waals surface area contributed by atoms with E-state index in [4.69, 9.17) is 4.74 Å². The van der Waals surface area contributed by atoms with Crippen molar-refractivity contribution in [2.24, 2.45) is 0 Å². The number of hydrogen-bond donors (Lipinski definition) is 1. The fourth-order valence-corrected chi connectivity index (χ4v) is 4.02. The van der Waals surface area contributed by atoms with Crippen molar-refractivity contribution in [2.45, 2.75) is 25.4 Å². The minimum atomic E-state index is -0.816. The minimum Gasteiger partial charge on any atom is -0.467 e. The molecule has 1 aliphatic heterocycles. The number of fused-ring (bicyclic) bond motifs is 3. The SMILES string of the molecule is COC(=O)[C@@H]1Cc2c([nH]c3ccccc23)C(c2ccccc2F)N1C(C)=O. The quantitative estimate of drug-likeness (QED) is 0.708. The molecule has 1 aromatic heterocycles. The van der Waals surface area contributed by atoms with Gasteiger partial charge in [-0.3, -0.25) is 4.79 Å². The van der Waals surface area contributed by atoms with Crippen LogP contribution in [0.3, 0.4) is 0 Å². The van der Waals surface area contributed by atoms with E-state index in [1.54, 1.807) is 18.2 Å². The number of halogens is 1. The number of carbonyl (C=O) groups excluding carboxylic acids is 2. The molecule has 1 unspecified atom stereocenters. The Morgan fingerprint density at radius 2 is 1.85 bits per heavy atom. The van der Waals surface area contributed by atoms with Gasteiger partial charge in [-0.25, -0.2) is 9.18 Å². The fraction of sp³-hybridized carbons (Fsp3) is 0.238. The molecular formula is C21H19FN2O3. The Balaban J connectivity index is 2.01. The van der Waals surface area contributed by atoms with Crippen LogP contribution in [0.4, 0.5) is 4.39 Å². The van der Waals surface area contributed by atoms with Crippen molar-refractivity contribution in [1.82, 2.24) is 9.88 Å². The molecule has 4 rings (SSSR count). The number of nitrogens with one attached hydrogen (secondary N) is 1. The van der Waals surface area contributed by atoms with Crippen LogP contribution in [0.1, 0.15) is 29.8 Å². The molecule has 27 heavy (non-hydrogen) atoms. The summed E-state index contributed by atoms with van der Waals surface area (Å²) in [6.45, 7) is 1.39. The third-order valence-corrected chi connectivity index (χ3v) is 5.17. The summed E-state index contributed by atoms with van der Waals surface area (Å²) in [5, 5.41) is 0.964. The van der Waals surface area contributed by atoms with Gasteiger partial charge in [0, 0.05) is 35.5 Å². The first-order valence-corrected chi connectivity index (χ1v) is 8.73. The predicted octanol–water partition coefficient (Wildman–Crippen LogP) is 3.34. The summed E-state index contributed by atoms with van der Waals surface area (Å²) < 4.78 is 19.7. The van der Waals surface area contributed by atoms with Gasteiger partial charge >= 0.3 is 5.97 Å². The lowest BCUT2D eigenvalue weighted by Crippen LogP contribution is -2.51. The van der Waals surface area contributed by atoms with Gasteiger partial charge in [-0.05, 0) is 17.7 Å². The number of aromatic nitrogens is 1. The molecule has 138 valence electrons. The highest BCUT2D eigenvalue weighted by atomic mass is 19.1. The highest BCUT2D eigenvalue weighted by molar-refractivity contribution is 5.90. The molecule has 2 atom stereocenters. The maximum Gasteiger partial charge on any atom is 0.328 e. The maximum absolute atomic E-state index is 14.7. The topological polar surface area (TPSA) is 62.4 Å². The molecule has 0 radical (unpaired) electrons. The lowest BCUT2D eigenvalue weighted by molar-refractivity contribution is -0.154. The van der Waals surface area contributed by atoms with E-state index in [0.29, 0.717) is 12.0 Å². The number of aromatic amines is 1. The van der Waals surface area contributed by atoms with Crippen LogP contribution < -0.4 is 0 Å². The van der Waals surface area contributed by atoms with Gasteiger partial charge in [0.25, 0.3) is 0 Å². The molecule has 1 N–H and O–H groups in total. The van der Waals surface area contributed by atoms with Crippen molar-refractivity contribution >= 4 is 22.8 Å². The van der Waals surface area contributed by atoms with Crippen LogP contribution in [-0.4, -0.2) is 34.9 Å². The number of ether oxygens (including phenoxy) is 1. The van der Waals surface area contributed by atoms with E-state index < -0.39 is 23.9 Å². The van der Waals surface area contributed by atoms with Crippen LogP contribution in [0.25, 0.3) is 10.9 Å². The smallest absolute Gasteiger partial charge is 0.328 e. The summed E-state index contributed by atoms with van der Waals surface area (Å²) >= 11 is 0. The second-order valence-corrected chi connectivity index (χ2v) is 6.66. The molecule has 1 amide bonds. The van der Waals surface area contributed by atoms with Crippen LogP contribution in [0, 0.1) is 5.82 Å². The number of rotatable bonds is 2. The van der Waals surface area contributed by atoms with E-state index in [0.717, 1.165) is 22.2 Å². The van der Waals surface area contributed by atoms with Gasteiger partial charge in [-0.15, -0.1) is 0 Å². The number of amides is 1. The molecule has 3 aromatic rings. The summed E-state index contributed by atoms with van der Waals surface area (Å²) in [6.07, 6.45) is 0.316. The molecular weight excluding hydrogens is 347 g/mol. The molecule has 0 saturated carbocycles. The summed E-state index contributed by atoms with van der Waals surface area (Å²) in [5.41, 5.74) is 2.87. The number of para-hydroxylation sites is 1. The third kappa shape index (κ3) is 2.68. The zero-order chi connectivity index (χ0) is 19.1. The predicted molar refractivity (Wildman–Crippen MR) is 98.6 cm³/mol. The normalized spacial score (nSPS) is 19.0. The molecule has 2 heterocycles. The number of benzene rings is 2. The second-order valence-electron chi connectivity index (χ2n) is 6.66. The van der Waals surface area contributed by atoms with Crippen LogP contribution in [0.5, 0.6) is 0 Å². The second kappa shape index (κ2) is 6.54. The van der Waals surface area contributed by atoms with Crippen molar-refractivity contribution in [3.05, 3.63) is 71.2 Å². The van der Waals surface area contributed by atoms with Gasteiger partial charge in [0.05, 0.1) is 7.11 Å². The van der Waals surface area contributed by atoms with Crippen molar-refractivity contribution < 1.29 is 18.7 Å². The average molecular weight is 366 g/mol. The molecule has 0 fully saturated rings. The molecule has 6 heteroatoms. The highest BCUT2D eigenvalue weighted by Gasteiger charge is 2.43. The molecule has 0 spiro atoms. The third-order valence-electron chi connectivity index (χ3n) is 5.17. The Morgan fingerprint density at radius 3 is 2.56 bits per heavy atom. The Labute approximate surface area is 155 Å². The highest BCUT2D eigenvalue weighted by Crippen LogP contribution is 2.41. The van der Waals surface area contributed by atoms with Crippen molar-refractivity contribution in [3.63, 3.8) is 0 Å². The Kier molecular flexibility index (Phi) is 4.18. The van der Waals surface area contributed by atoms with E-state index in [1.165, 1.54) is 25.0 Å². The van der Waals surface area contributed by atoms with Gasteiger partial charge in [0.15, 0.2) is 0 Å². The first-order chi connectivity index (χ1) is 13.0. The lowest BCUT2D eigenvalue weighted by atomic mass is 9.87. The number of methoxy groups -OCH3 is 1. The molecule has 5 nitrogen and oxygen atoms in total. The maximum atomic E-state index is 14.7. The first-order valence-electron chi connectivity index (χ1n) is 8.73. The zero-order valence-corrected chi connectivity index (χ0v) is 15.0. The minimum absolute atomic E-state index is 0.316. The number of esters is 1. The van der Waals surface area contributed by atoms with Crippen molar-refractivity contribution in [1.29, 1.82) is 0 Å². The fourth-order valence-electron chi connectivity index (χ4n) is 4.02. The van der Waals surface area contributed by atoms with Gasteiger partial charge in [0.1, 0.15) is 17.9 Å². The monoisotopic (exact) mass is 366 g/mol. The van der Waals surface area contributed by atoms with Crippen molar-refractivity contribution in [2.75, 3.05) is 7.11 Å². The summed E-state index contributed by atoms with van der Waals surface area (Å²) in [5.74, 6) is -1.26. The lowest BCUT2D eigenvalue weighted by Gasteiger charge is -2.40. The molecule has 0 aliphatic carbocycles. The summed E-state index contributed by atoms with van der Waals surface area (Å²) in [4.78, 5) is 29.8. The van der Waals surface area contributed by atoms with Crippen LogP contribution in [-0.2, 0) is 20.7 Å². The standard InChI is InChI=1S/C21H19FN2O3/c1-12(25)24-18(21(26)27-2)11-15-13-7-4-6-10-17(13)23-19(15)20(24)14-8-3-5-9-16(14)22/h3-10,18,20,23H,11H2,1-2H3/t18-,20?/m0/s1. The largest absolute Gasteiger partial charge is 0.467 e. The van der Waals surface area contributed by atoms with E-state index >= 15 is 0 Å². The number of carbonyl (C=O) groups is 2. The van der Waals surface area contributed by atoms with E-state index in [9.17, 15) is 14.0 Å². The van der Waals surface area contributed by atoms with Crippen LogP contribution in [0.15, 0.2) is 48.5 Å². The number of hydrogen-bond acceptors (Lipinski definition) is 3. The average Bonchev–Trinajstić information content (AvgIpc) is 3.05. The Bertz CT molecular complexity index is 1040. The number of H-pyrrole nitrogens is 1. The van der Waals surface area contributed by atoms with E-state index in [1.807, 2.05) is 24.3 Å². The molecule has 0 bridgehead atoms. The Hall–Kier alpha value is -3.15. The van der Waals surface area contributed by atoms with E-state index in [-0.39, 0.29) is 5.91 Å². The summed E-state index contributed by atoms with van der Waals surface area (Å²) in [7, 11) is 1.30. The van der Waals surface area contributed by atoms with E-state index in [2.05, 4.69) is 4.98 Å². The van der Waals surface area contributed by atoms with Gasteiger partial charge in [0.2, 0.25) is 5.91 Å². The summed E-state index contributed by atoms with van der Waals surface area (Å²) in [6, 6.07) is 12.5. The van der Waals surface area contributed by atoms with Crippen LogP contribution in [0.2, 0.25) is 0 Å². The van der Waals surface area contributed by atoms with Gasteiger partial charge in [-0.2, -0.15) is 0 Å². The first kappa shape index (κ1) is 17.3. The molecule has 0 saturated heterocycles. The number of nitrogens with zero attached hydrogens (tertiary/aromatic N) is 1. The molecule has 2 aromatic carbocycles. The van der Waals surface area contributed by atoms with Crippen molar-refractivity contribution in [3.8, 4) is 0 Å². The molecule has 1 aliphatic rings. The van der Waals surface area contributed by atoms with Gasteiger partial charge in [-0.1, -0.05) is 36.4 Å². The Morgan fingerprint density at radius 1 is 1.15 bits per heavy atom.